The van der Waals surface area contributed by atoms with Gasteiger partial charge in [0.25, 0.3) is 0 Å². The topological polar surface area (TPSA) is 42.0 Å². The fourth-order valence-electron chi connectivity index (χ4n) is 3.77. The summed E-state index contributed by atoms with van der Waals surface area (Å²) in [7, 11) is 0. The van der Waals surface area contributed by atoms with E-state index in [1.165, 1.54) is 0 Å². The number of nitrogens with zero attached hydrogens (tertiary/aromatic N) is 2. The zero-order valence-corrected chi connectivity index (χ0v) is 13.0. The molecule has 0 unspecified atom stereocenters. The Morgan fingerprint density at radius 2 is 1.71 bits per heavy atom. The SMILES string of the molecule is O=C(C[C@@H]1CCCOC1)N1CCC(N2CCOCC2)CC1. The molecule has 0 aromatic heterocycles. The number of hydrogen-bond acceptors (Lipinski definition) is 4. The lowest BCUT2D eigenvalue weighted by Gasteiger charge is -2.40. The van der Waals surface area contributed by atoms with Crippen LogP contribution >= 0.6 is 0 Å². The molecule has 1 amide bonds. The second-order valence-corrected chi connectivity index (χ2v) is 6.55. The first-order chi connectivity index (χ1) is 10.3. The minimum absolute atomic E-state index is 0.339. The molecule has 0 radical (unpaired) electrons. The number of piperidine rings is 1. The molecule has 0 bridgehead atoms. The first kappa shape index (κ1) is 15.3. The van der Waals surface area contributed by atoms with Gasteiger partial charge in [0, 0.05) is 51.9 Å². The summed E-state index contributed by atoms with van der Waals surface area (Å²) in [5.41, 5.74) is 0. The van der Waals surface area contributed by atoms with Crippen molar-refractivity contribution in [3.63, 3.8) is 0 Å². The van der Waals surface area contributed by atoms with Gasteiger partial charge in [0.2, 0.25) is 5.91 Å². The van der Waals surface area contributed by atoms with E-state index in [0.29, 0.717) is 24.3 Å². The number of carbonyl (C=O) groups excluding carboxylic acids is 1. The molecule has 0 aliphatic carbocycles. The average Bonchev–Trinajstić information content (AvgIpc) is 2.57. The Morgan fingerprint density at radius 1 is 0.952 bits per heavy atom. The molecule has 3 saturated heterocycles. The van der Waals surface area contributed by atoms with Crippen molar-refractivity contribution in [2.75, 3.05) is 52.6 Å². The van der Waals surface area contributed by atoms with Gasteiger partial charge in [-0.15, -0.1) is 0 Å². The van der Waals surface area contributed by atoms with Gasteiger partial charge in [-0.05, 0) is 31.6 Å². The molecule has 0 N–H and O–H groups in total. The maximum absolute atomic E-state index is 12.4. The highest BCUT2D eigenvalue weighted by Crippen LogP contribution is 2.22. The van der Waals surface area contributed by atoms with Crippen molar-refractivity contribution < 1.29 is 14.3 Å². The third kappa shape index (κ3) is 4.18. The maximum Gasteiger partial charge on any atom is 0.222 e. The molecule has 3 aliphatic rings. The molecule has 0 aromatic carbocycles. The number of ether oxygens (including phenoxy) is 2. The summed E-state index contributed by atoms with van der Waals surface area (Å²) in [5.74, 6) is 0.786. The van der Waals surface area contributed by atoms with Gasteiger partial charge in [0.05, 0.1) is 13.2 Å². The molecular formula is C16H28N2O3. The first-order valence-electron chi connectivity index (χ1n) is 8.50. The minimum Gasteiger partial charge on any atom is -0.381 e. The molecule has 120 valence electrons. The number of likely N-dealkylation sites (tertiary alicyclic amines) is 1. The fourth-order valence-corrected chi connectivity index (χ4v) is 3.77. The molecule has 0 saturated carbocycles. The molecule has 3 heterocycles. The standard InChI is InChI=1S/C16H28N2O3/c19-16(12-14-2-1-9-21-13-14)18-5-3-15(4-6-18)17-7-10-20-11-8-17/h14-15H,1-13H2/t14-/m0/s1. The van der Waals surface area contributed by atoms with Crippen LogP contribution in [0, 0.1) is 5.92 Å². The van der Waals surface area contributed by atoms with Gasteiger partial charge in [-0.25, -0.2) is 0 Å². The van der Waals surface area contributed by atoms with Crippen LogP contribution in [0.1, 0.15) is 32.1 Å². The Morgan fingerprint density at radius 3 is 2.38 bits per heavy atom. The minimum atomic E-state index is 0.339. The van der Waals surface area contributed by atoms with Crippen molar-refractivity contribution in [1.29, 1.82) is 0 Å². The van der Waals surface area contributed by atoms with E-state index in [2.05, 4.69) is 9.80 Å². The normalized spacial score (nSPS) is 29.5. The zero-order valence-electron chi connectivity index (χ0n) is 13.0. The van der Waals surface area contributed by atoms with E-state index in [4.69, 9.17) is 9.47 Å². The van der Waals surface area contributed by atoms with E-state index in [-0.39, 0.29) is 0 Å². The predicted octanol–water partition coefficient (Wildman–Crippen LogP) is 1.13. The third-order valence-corrected chi connectivity index (χ3v) is 5.10. The largest absolute Gasteiger partial charge is 0.381 e. The van der Waals surface area contributed by atoms with Crippen LogP contribution in [0.3, 0.4) is 0 Å². The zero-order chi connectivity index (χ0) is 14.5. The molecule has 5 nitrogen and oxygen atoms in total. The van der Waals surface area contributed by atoms with Gasteiger partial charge < -0.3 is 14.4 Å². The van der Waals surface area contributed by atoms with E-state index in [1.807, 2.05) is 0 Å². The van der Waals surface area contributed by atoms with Crippen molar-refractivity contribution in [3.8, 4) is 0 Å². The summed E-state index contributed by atoms with van der Waals surface area (Å²) in [4.78, 5) is 17.0. The van der Waals surface area contributed by atoms with Crippen molar-refractivity contribution in [2.24, 2.45) is 5.92 Å². The lowest BCUT2D eigenvalue weighted by atomic mass is 9.96. The Labute approximate surface area is 127 Å². The van der Waals surface area contributed by atoms with Crippen molar-refractivity contribution in [2.45, 2.75) is 38.1 Å². The van der Waals surface area contributed by atoms with E-state index in [1.54, 1.807) is 0 Å². The molecule has 0 aromatic rings. The molecule has 5 heteroatoms. The van der Waals surface area contributed by atoms with Crippen LogP contribution < -0.4 is 0 Å². The molecule has 0 spiro atoms. The Hall–Kier alpha value is -0.650. The maximum atomic E-state index is 12.4. The predicted molar refractivity (Wildman–Crippen MR) is 80.2 cm³/mol. The van der Waals surface area contributed by atoms with Crippen LogP contribution in [-0.4, -0.2) is 74.4 Å². The summed E-state index contributed by atoms with van der Waals surface area (Å²) < 4.78 is 10.9. The van der Waals surface area contributed by atoms with Crippen LogP contribution in [0.2, 0.25) is 0 Å². The average molecular weight is 296 g/mol. The second kappa shape index (κ2) is 7.56. The number of rotatable bonds is 3. The van der Waals surface area contributed by atoms with Gasteiger partial charge >= 0.3 is 0 Å². The third-order valence-electron chi connectivity index (χ3n) is 5.10. The Kier molecular flexibility index (Phi) is 5.49. The molecule has 1 atom stereocenters. The van der Waals surface area contributed by atoms with Crippen molar-refractivity contribution in [1.82, 2.24) is 9.80 Å². The molecule has 3 fully saturated rings. The highest BCUT2D eigenvalue weighted by Gasteiger charge is 2.29. The molecule has 3 aliphatic heterocycles. The van der Waals surface area contributed by atoms with E-state index < -0.39 is 0 Å². The fraction of sp³-hybridized carbons (Fsp3) is 0.938. The first-order valence-corrected chi connectivity index (χ1v) is 8.50. The van der Waals surface area contributed by atoms with Crippen LogP contribution in [0.15, 0.2) is 0 Å². The monoisotopic (exact) mass is 296 g/mol. The van der Waals surface area contributed by atoms with Crippen LogP contribution in [0.4, 0.5) is 0 Å². The van der Waals surface area contributed by atoms with Gasteiger partial charge in [-0.3, -0.25) is 9.69 Å². The lowest BCUT2D eigenvalue weighted by Crippen LogP contribution is -2.50. The molecule has 3 rings (SSSR count). The van der Waals surface area contributed by atoms with Gasteiger partial charge in [-0.2, -0.15) is 0 Å². The second-order valence-electron chi connectivity index (χ2n) is 6.55. The van der Waals surface area contributed by atoms with Crippen LogP contribution in [-0.2, 0) is 14.3 Å². The van der Waals surface area contributed by atoms with Crippen LogP contribution in [0.25, 0.3) is 0 Å². The Bertz CT molecular complexity index is 330. The van der Waals surface area contributed by atoms with Crippen molar-refractivity contribution >= 4 is 5.91 Å². The quantitative estimate of drug-likeness (QED) is 0.783. The lowest BCUT2D eigenvalue weighted by molar-refractivity contribution is -0.135. The number of carbonyl (C=O) groups is 1. The number of morpholine rings is 1. The Balaban J connectivity index is 1.40. The van der Waals surface area contributed by atoms with Crippen molar-refractivity contribution in [3.05, 3.63) is 0 Å². The summed E-state index contributed by atoms with van der Waals surface area (Å²) in [6.45, 7) is 7.33. The molecule has 21 heavy (non-hydrogen) atoms. The van der Waals surface area contributed by atoms with E-state index >= 15 is 0 Å². The summed E-state index contributed by atoms with van der Waals surface area (Å²) >= 11 is 0. The highest BCUT2D eigenvalue weighted by atomic mass is 16.5. The van der Waals surface area contributed by atoms with Gasteiger partial charge in [0.15, 0.2) is 0 Å². The summed E-state index contributed by atoms with van der Waals surface area (Å²) in [6.07, 6.45) is 5.18. The number of hydrogen-bond donors (Lipinski definition) is 0. The summed E-state index contributed by atoms with van der Waals surface area (Å²) in [5, 5.41) is 0. The summed E-state index contributed by atoms with van der Waals surface area (Å²) in [6, 6.07) is 0.649. The van der Waals surface area contributed by atoms with Gasteiger partial charge in [0.1, 0.15) is 0 Å². The smallest absolute Gasteiger partial charge is 0.222 e. The van der Waals surface area contributed by atoms with E-state index in [9.17, 15) is 4.79 Å². The van der Waals surface area contributed by atoms with E-state index in [0.717, 1.165) is 78.3 Å². The van der Waals surface area contributed by atoms with Gasteiger partial charge in [-0.1, -0.05) is 0 Å². The molecular weight excluding hydrogens is 268 g/mol. The van der Waals surface area contributed by atoms with Crippen LogP contribution in [0.5, 0.6) is 0 Å². The number of amides is 1. The highest BCUT2D eigenvalue weighted by molar-refractivity contribution is 5.76.